The molecule has 0 saturated heterocycles. The molecule has 198 valence electrons. The van der Waals surface area contributed by atoms with Crippen molar-refractivity contribution in [3.63, 3.8) is 0 Å². The van der Waals surface area contributed by atoms with E-state index in [0.29, 0.717) is 37.2 Å². The van der Waals surface area contributed by atoms with Gasteiger partial charge in [-0.1, -0.05) is 19.9 Å². The van der Waals surface area contributed by atoms with Crippen molar-refractivity contribution in [1.29, 1.82) is 0 Å². The van der Waals surface area contributed by atoms with E-state index < -0.39 is 32.9 Å². The molecule has 2 fully saturated rings. The lowest BCUT2D eigenvalue weighted by Gasteiger charge is -2.40. The first-order chi connectivity index (χ1) is 16.9. The zero-order chi connectivity index (χ0) is 26.3. The van der Waals surface area contributed by atoms with E-state index >= 15 is 0 Å². The molecule has 2 saturated carbocycles. The van der Waals surface area contributed by atoms with Gasteiger partial charge in [-0.05, 0) is 52.6 Å². The molecule has 0 radical (unpaired) electrons. The molecule has 3 unspecified atom stereocenters. The van der Waals surface area contributed by atoms with Gasteiger partial charge in [0.25, 0.3) is 0 Å². The van der Waals surface area contributed by atoms with Crippen LogP contribution in [0.25, 0.3) is 0 Å². The highest BCUT2D eigenvalue weighted by molar-refractivity contribution is 7.89. The standard InChI is InChI=1S/C24H34N4O7S/c1-23(2)17-6-7-24(23,20(29)12-17)14-36(32,33)28-13-16-10-18(34-8-3-9-35-27-22(25)26)5-4-15(16)11-19(28)21(30)31/h4-5,10,17,19H,3,6-9,11-14H2,1-2H3,(H,30,31)(H4,25,26,27). The molecule has 3 atom stereocenters. The Morgan fingerprint density at radius 3 is 2.58 bits per heavy atom. The summed E-state index contributed by atoms with van der Waals surface area (Å²) in [6.45, 7) is 4.42. The number of nitrogens with zero attached hydrogens (tertiary/aromatic N) is 2. The highest BCUT2D eigenvalue weighted by Gasteiger charge is 2.66. The summed E-state index contributed by atoms with van der Waals surface area (Å²) in [5.74, 6) is -1.04. The molecule has 2 aliphatic carbocycles. The fraction of sp³-hybridized carbons (Fsp3) is 0.625. The van der Waals surface area contributed by atoms with Gasteiger partial charge in [-0.15, -0.1) is 0 Å². The average molecular weight is 523 g/mol. The molecule has 11 nitrogen and oxygen atoms in total. The number of carboxylic acids is 1. The number of rotatable bonds is 10. The normalized spacial score (nSPS) is 26.9. The average Bonchev–Trinajstić information content (AvgIpc) is 3.14. The predicted molar refractivity (Wildman–Crippen MR) is 131 cm³/mol. The Morgan fingerprint density at radius 1 is 1.22 bits per heavy atom. The molecule has 3 aliphatic rings. The van der Waals surface area contributed by atoms with Crippen molar-refractivity contribution in [1.82, 2.24) is 4.31 Å². The Labute approximate surface area is 210 Å². The second kappa shape index (κ2) is 9.55. The van der Waals surface area contributed by atoms with Crippen molar-refractivity contribution in [2.75, 3.05) is 19.0 Å². The predicted octanol–water partition coefficient (Wildman–Crippen LogP) is 1.20. The number of guanidine groups is 1. The SMILES string of the molecule is CC1(C)C2CCC1(CS(=O)(=O)N1Cc3cc(OCCCON=C(N)N)ccc3CC1C(=O)O)C(=O)C2. The summed E-state index contributed by atoms with van der Waals surface area (Å²) in [6.07, 6.45) is 2.30. The number of sulfonamides is 1. The number of fused-ring (bicyclic) bond motifs is 3. The van der Waals surface area contributed by atoms with E-state index in [-0.39, 0.29) is 43.0 Å². The number of nitrogens with two attached hydrogens (primary N) is 2. The Morgan fingerprint density at radius 2 is 1.97 bits per heavy atom. The minimum atomic E-state index is -4.06. The number of ketones is 1. The summed E-state index contributed by atoms with van der Waals surface area (Å²) in [6, 6.07) is 4.01. The third kappa shape index (κ3) is 4.63. The van der Waals surface area contributed by atoms with Gasteiger partial charge in [-0.2, -0.15) is 4.31 Å². The van der Waals surface area contributed by atoms with E-state index in [1.165, 1.54) is 0 Å². The minimum Gasteiger partial charge on any atom is -0.493 e. The van der Waals surface area contributed by atoms with E-state index in [9.17, 15) is 23.1 Å². The van der Waals surface area contributed by atoms with Crippen molar-refractivity contribution in [2.45, 2.75) is 58.5 Å². The maximum atomic E-state index is 13.7. The van der Waals surface area contributed by atoms with E-state index in [1.54, 1.807) is 18.2 Å². The number of hydrogen-bond donors (Lipinski definition) is 3. The van der Waals surface area contributed by atoms with Crippen LogP contribution in [0.2, 0.25) is 0 Å². The topological polar surface area (TPSA) is 175 Å². The van der Waals surface area contributed by atoms with Crippen molar-refractivity contribution in [3.05, 3.63) is 29.3 Å². The molecule has 0 amide bonds. The van der Waals surface area contributed by atoms with Crippen molar-refractivity contribution >= 4 is 27.7 Å². The van der Waals surface area contributed by atoms with Gasteiger partial charge < -0.3 is 26.1 Å². The number of hydrogen-bond acceptors (Lipinski definition) is 7. The van der Waals surface area contributed by atoms with E-state index in [0.717, 1.165) is 16.3 Å². The lowest BCUT2D eigenvalue weighted by molar-refractivity contribution is -0.141. The molecule has 12 heteroatoms. The van der Waals surface area contributed by atoms with Crippen LogP contribution < -0.4 is 16.2 Å². The number of carboxylic acid groups (broad SMARTS) is 1. The second-order valence-corrected chi connectivity index (χ2v) is 12.4. The third-order valence-corrected chi connectivity index (χ3v) is 10.2. The summed E-state index contributed by atoms with van der Waals surface area (Å²) < 4.78 is 34.3. The molecule has 0 spiro atoms. The van der Waals surface area contributed by atoms with E-state index in [1.807, 2.05) is 13.8 Å². The van der Waals surface area contributed by atoms with Crippen LogP contribution in [0.1, 0.15) is 50.7 Å². The van der Waals surface area contributed by atoms with Gasteiger partial charge in [0.1, 0.15) is 24.2 Å². The molecule has 1 aromatic rings. The van der Waals surface area contributed by atoms with Gasteiger partial charge in [0, 0.05) is 31.2 Å². The Kier molecular flexibility index (Phi) is 6.95. The molecule has 2 bridgehead atoms. The highest BCUT2D eigenvalue weighted by atomic mass is 32.2. The van der Waals surface area contributed by atoms with Crippen LogP contribution in [0.4, 0.5) is 0 Å². The van der Waals surface area contributed by atoms with E-state index in [4.69, 9.17) is 21.0 Å². The van der Waals surface area contributed by atoms with Gasteiger partial charge in [-0.3, -0.25) is 9.59 Å². The van der Waals surface area contributed by atoms with E-state index in [2.05, 4.69) is 5.16 Å². The largest absolute Gasteiger partial charge is 0.493 e. The molecule has 1 aliphatic heterocycles. The summed E-state index contributed by atoms with van der Waals surface area (Å²) in [7, 11) is -4.06. The summed E-state index contributed by atoms with van der Waals surface area (Å²) in [4.78, 5) is 30.0. The van der Waals surface area contributed by atoms with Crippen LogP contribution >= 0.6 is 0 Å². The van der Waals surface area contributed by atoms with Gasteiger partial charge >= 0.3 is 5.97 Å². The zero-order valence-corrected chi connectivity index (χ0v) is 21.4. The molecule has 0 aromatic heterocycles. The minimum absolute atomic E-state index is 0.0175. The quantitative estimate of drug-likeness (QED) is 0.176. The number of Topliss-reactive ketones (excluding diaryl/α,β-unsaturated/α-hetero) is 1. The van der Waals surface area contributed by atoms with Crippen molar-refractivity contribution < 1.29 is 32.7 Å². The molecule has 4 rings (SSSR count). The van der Waals surface area contributed by atoms with Gasteiger partial charge in [0.15, 0.2) is 0 Å². The second-order valence-electron chi connectivity index (χ2n) is 10.5. The first kappa shape index (κ1) is 26.2. The first-order valence-corrected chi connectivity index (χ1v) is 13.7. The van der Waals surface area contributed by atoms with Crippen molar-refractivity contribution in [3.8, 4) is 5.75 Å². The number of carbonyl (C=O) groups excluding carboxylic acids is 1. The molecule has 5 N–H and O–H groups in total. The van der Waals surface area contributed by atoms with Crippen LogP contribution in [0.15, 0.2) is 23.4 Å². The third-order valence-electron chi connectivity index (χ3n) is 8.29. The summed E-state index contributed by atoms with van der Waals surface area (Å²) in [5.41, 5.74) is 10.4. The molecular weight excluding hydrogens is 488 g/mol. The maximum Gasteiger partial charge on any atom is 0.322 e. The van der Waals surface area contributed by atoms with Crippen LogP contribution in [0.5, 0.6) is 5.75 Å². The zero-order valence-electron chi connectivity index (χ0n) is 20.6. The van der Waals surface area contributed by atoms with Gasteiger partial charge in [-0.25, -0.2) is 8.42 Å². The number of ether oxygens (including phenoxy) is 1. The Bertz CT molecular complexity index is 1180. The van der Waals surface area contributed by atoms with Crippen LogP contribution in [0, 0.1) is 16.7 Å². The van der Waals surface area contributed by atoms with Crippen molar-refractivity contribution in [2.24, 2.45) is 33.4 Å². The fourth-order valence-corrected chi connectivity index (χ4v) is 8.42. The summed E-state index contributed by atoms with van der Waals surface area (Å²) >= 11 is 0. The fourth-order valence-electron chi connectivity index (χ4n) is 6.07. The van der Waals surface area contributed by atoms with Crippen LogP contribution in [-0.4, -0.2) is 60.6 Å². The maximum absolute atomic E-state index is 13.7. The van der Waals surface area contributed by atoms with Gasteiger partial charge in [0.05, 0.1) is 12.4 Å². The van der Waals surface area contributed by atoms with Gasteiger partial charge in [0.2, 0.25) is 16.0 Å². The monoisotopic (exact) mass is 522 g/mol. The lowest BCUT2D eigenvalue weighted by atomic mass is 9.70. The number of benzene rings is 1. The molecule has 1 aromatic carbocycles. The van der Waals surface area contributed by atoms with Crippen LogP contribution in [-0.2, 0) is 37.4 Å². The summed E-state index contributed by atoms with van der Waals surface area (Å²) in [5, 5.41) is 13.3. The lowest BCUT2D eigenvalue weighted by Crippen LogP contribution is -2.53. The molecule has 1 heterocycles. The van der Waals surface area contributed by atoms with Crippen LogP contribution in [0.3, 0.4) is 0 Å². The molecular formula is C24H34N4O7S. The molecule has 36 heavy (non-hydrogen) atoms. The number of oxime groups is 1. The highest BCUT2D eigenvalue weighted by Crippen LogP contribution is 2.64. The first-order valence-electron chi connectivity index (χ1n) is 12.1. The number of carbonyl (C=O) groups is 2. The number of aliphatic carboxylic acids is 1. The smallest absolute Gasteiger partial charge is 0.322 e. The Hall–Kier alpha value is -2.86. The Balaban J connectivity index is 1.51.